The third kappa shape index (κ3) is 7.77. The van der Waals surface area contributed by atoms with Gasteiger partial charge in [-0.05, 0) is 30.4 Å². The zero-order chi connectivity index (χ0) is 22.1. The molecule has 1 amide bonds. The van der Waals surface area contributed by atoms with Crippen LogP contribution in [0.15, 0.2) is 30.3 Å². The molecule has 7 nitrogen and oxygen atoms in total. The SMILES string of the molecule is CC(C)C(CP(=O)(O)C(CC1CCCCC1)NC(=O)COc1ccccc1)C(=O)O. The Labute approximate surface area is 178 Å². The molecule has 8 heteroatoms. The zero-order valence-corrected chi connectivity index (χ0v) is 18.7. The van der Waals surface area contributed by atoms with Crippen LogP contribution in [0, 0.1) is 17.8 Å². The largest absolute Gasteiger partial charge is 0.484 e. The van der Waals surface area contributed by atoms with Gasteiger partial charge in [0, 0.05) is 6.16 Å². The minimum Gasteiger partial charge on any atom is -0.484 e. The summed E-state index contributed by atoms with van der Waals surface area (Å²) in [5.41, 5.74) is 0. The van der Waals surface area contributed by atoms with Crippen molar-refractivity contribution in [3.63, 3.8) is 0 Å². The van der Waals surface area contributed by atoms with Crippen molar-refractivity contribution in [3.8, 4) is 5.75 Å². The smallest absolute Gasteiger partial charge is 0.307 e. The monoisotopic (exact) mass is 439 g/mol. The molecule has 0 heterocycles. The van der Waals surface area contributed by atoms with Gasteiger partial charge >= 0.3 is 5.97 Å². The van der Waals surface area contributed by atoms with Crippen LogP contribution in [0.4, 0.5) is 0 Å². The number of hydrogen-bond acceptors (Lipinski definition) is 4. The molecule has 168 valence electrons. The predicted octanol–water partition coefficient (Wildman–Crippen LogP) is 4.11. The fraction of sp³-hybridized carbons (Fsp3) is 0.636. The summed E-state index contributed by atoms with van der Waals surface area (Å²) in [6.07, 6.45) is 5.25. The van der Waals surface area contributed by atoms with Gasteiger partial charge in [-0.3, -0.25) is 14.2 Å². The molecule has 1 aromatic carbocycles. The second kappa shape index (κ2) is 11.5. The summed E-state index contributed by atoms with van der Waals surface area (Å²) < 4.78 is 18.7. The van der Waals surface area contributed by atoms with Crippen molar-refractivity contribution in [1.82, 2.24) is 5.32 Å². The van der Waals surface area contributed by atoms with Gasteiger partial charge in [0.25, 0.3) is 5.91 Å². The molecule has 3 N–H and O–H groups in total. The molecule has 1 aliphatic carbocycles. The number of benzene rings is 1. The van der Waals surface area contributed by atoms with Crippen molar-refractivity contribution < 1.29 is 28.9 Å². The molecule has 3 atom stereocenters. The van der Waals surface area contributed by atoms with E-state index >= 15 is 0 Å². The second-order valence-electron chi connectivity index (χ2n) is 8.55. The number of carboxylic acid groups (broad SMARTS) is 1. The molecule has 1 aromatic rings. The van der Waals surface area contributed by atoms with Gasteiger partial charge in [0.05, 0.1) is 5.92 Å². The Morgan fingerprint density at radius 3 is 2.37 bits per heavy atom. The van der Waals surface area contributed by atoms with Gasteiger partial charge < -0.3 is 20.1 Å². The molecule has 0 aromatic heterocycles. The van der Waals surface area contributed by atoms with Gasteiger partial charge in [0.1, 0.15) is 11.5 Å². The van der Waals surface area contributed by atoms with Crippen molar-refractivity contribution >= 4 is 19.2 Å². The van der Waals surface area contributed by atoms with Crippen molar-refractivity contribution in [3.05, 3.63) is 30.3 Å². The molecular formula is C22H34NO6P. The Morgan fingerprint density at radius 1 is 1.17 bits per heavy atom. The fourth-order valence-corrected chi connectivity index (χ4v) is 6.31. The summed E-state index contributed by atoms with van der Waals surface area (Å²) in [6.45, 7) is 3.18. The Balaban J connectivity index is 2.08. The number of aliphatic carboxylic acids is 1. The maximum Gasteiger partial charge on any atom is 0.307 e. The summed E-state index contributed by atoms with van der Waals surface area (Å²) in [6, 6.07) is 8.87. The van der Waals surface area contributed by atoms with E-state index in [1.165, 1.54) is 0 Å². The van der Waals surface area contributed by atoms with Crippen LogP contribution < -0.4 is 10.1 Å². The number of hydrogen-bond donors (Lipinski definition) is 3. The Hall–Kier alpha value is -1.85. The first kappa shape index (κ1) is 24.4. The van der Waals surface area contributed by atoms with E-state index < -0.39 is 30.9 Å². The number of rotatable bonds is 11. The molecule has 1 fully saturated rings. The van der Waals surface area contributed by atoms with Crippen LogP contribution in [0.3, 0.4) is 0 Å². The van der Waals surface area contributed by atoms with E-state index in [0.29, 0.717) is 12.2 Å². The molecule has 0 saturated heterocycles. The highest BCUT2D eigenvalue weighted by atomic mass is 31.2. The van der Waals surface area contributed by atoms with Crippen LogP contribution in [-0.4, -0.2) is 40.4 Å². The summed E-state index contributed by atoms with van der Waals surface area (Å²) in [5, 5.41) is 12.2. The van der Waals surface area contributed by atoms with Gasteiger partial charge in [-0.15, -0.1) is 0 Å². The number of carboxylic acids is 1. The maximum absolute atomic E-state index is 13.3. The third-order valence-electron chi connectivity index (χ3n) is 5.79. The van der Waals surface area contributed by atoms with Gasteiger partial charge in [-0.1, -0.05) is 64.2 Å². The lowest BCUT2D eigenvalue weighted by molar-refractivity contribution is -0.142. The number of nitrogens with one attached hydrogen (secondary N) is 1. The lowest BCUT2D eigenvalue weighted by Gasteiger charge is -2.31. The topological polar surface area (TPSA) is 113 Å². The fourth-order valence-electron chi connectivity index (χ4n) is 3.94. The van der Waals surface area contributed by atoms with Crippen molar-refractivity contribution in [2.24, 2.45) is 17.8 Å². The zero-order valence-electron chi connectivity index (χ0n) is 17.8. The first-order valence-corrected chi connectivity index (χ1v) is 12.6. The first-order valence-electron chi connectivity index (χ1n) is 10.7. The van der Waals surface area contributed by atoms with Crippen LogP contribution in [-0.2, 0) is 14.2 Å². The standard InChI is InChI=1S/C22H34NO6P/c1-16(2)19(22(25)26)15-30(27,28)21(13-17-9-5-3-6-10-17)23-20(24)14-29-18-11-7-4-8-12-18/h4,7-8,11-12,16-17,19,21H,3,5-6,9-10,13-15H2,1-2H3,(H,23,24)(H,25,26)(H,27,28). The van der Waals surface area contributed by atoms with Crippen LogP contribution >= 0.6 is 7.37 Å². The summed E-state index contributed by atoms with van der Waals surface area (Å²) >= 11 is 0. The molecule has 0 spiro atoms. The van der Waals surface area contributed by atoms with Gasteiger partial charge in [0.15, 0.2) is 6.61 Å². The molecule has 3 unspecified atom stereocenters. The number of carbonyl (C=O) groups is 2. The highest BCUT2D eigenvalue weighted by Gasteiger charge is 2.39. The van der Waals surface area contributed by atoms with E-state index in [1.807, 2.05) is 6.07 Å². The quantitative estimate of drug-likeness (QED) is 0.447. The molecule has 30 heavy (non-hydrogen) atoms. The van der Waals surface area contributed by atoms with E-state index in [2.05, 4.69) is 5.32 Å². The second-order valence-corrected chi connectivity index (χ2v) is 11.1. The summed E-state index contributed by atoms with van der Waals surface area (Å²) in [4.78, 5) is 34.9. The maximum atomic E-state index is 13.3. The number of carbonyl (C=O) groups excluding carboxylic acids is 1. The first-order chi connectivity index (χ1) is 14.2. The predicted molar refractivity (Wildman–Crippen MR) is 116 cm³/mol. The number of para-hydroxylation sites is 1. The molecule has 0 aliphatic heterocycles. The van der Waals surface area contributed by atoms with Crippen molar-refractivity contribution in [2.75, 3.05) is 12.8 Å². The average molecular weight is 439 g/mol. The molecule has 0 bridgehead atoms. The van der Waals surface area contributed by atoms with Gasteiger partial charge in [0.2, 0.25) is 7.37 Å². The van der Waals surface area contributed by atoms with E-state index in [1.54, 1.807) is 38.1 Å². The van der Waals surface area contributed by atoms with Crippen molar-refractivity contribution in [2.45, 2.75) is 58.2 Å². The van der Waals surface area contributed by atoms with E-state index in [4.69, 9.17) is 4.74 Å². The van der Waals surface area contributed by atoms with E-state index in [-0.39, 0.29) is 24.6 Å². The third-order valence-corrected chi connectivity index (χ3v) is 8.02. The highest BCUT2D eigenvalue weighted by Crippen LogP contribution is 2.51. The Bertz CT molecular complexity index is 732. The highest BCUT2D eigenvalue weighted by molar-refractivity contribution is 7.58. The molecular weight excluding hydrogens is 405 g/mol. The lowest BCUT2D eigenvalue weighted by Crippen LogP contribution is -2.41. The molecule has 0 radical (unpaired) electrons. The van der Waals surface area contributed by atoms with Crippen LogP contribution in [0.25, 0.3) is 0 Å². The summed E-state index contributed by atoms with van der Waals surface area (Å²) in [7, 11) is -3.95. The Kier molecular flexibility index (Phi) is 9.37. The minimum atomic E-state index is -3.95. The van der Waals surface area contributed by atoms with Gasteiger partial charge in [-0.25, -0.2) is 0 Å². The van der Waals surface area contributed by atoms with Crippen molar-refractivity contribution in [1.29, 1.82) is 0 Å². The molecule has 1 aliphatic rings. The van der Waals surface area contributed by atoms with E-state index in [0.717, 1.165) is 32.1 Å². The normalized spacial score (nSPS) is 18.9. The van der Waals surface area contributed by atoms with Gasteiger partial charge in [-0.2, -0.15) is 0 Å². The average Bonchev–Trinajstić information content (AvgIpc) is 2.71. The van der Waals surface area contributed by atoms with Crippen LogP contribution in [0.2, 0.25) is 0 Å². The molecule has 2 rings (SSSR count). The number of amides is 1. The minimum absolute atomic E-state index is 0.252. The lowest BCUT2D eigenvalue weighted by atomic mass is 9.87. The molecule has 1 saturated carbocycles. The van der Waals surface area contributed by atoms with Crippen LogP contribution in [0.5, 0.6) is 5.75 Å². The van der Waals surface area contributed by atoms with Crippen LogP contribution in [0.1, 0.15) is 52.4 Å². The number of ether oxygens (including phenoxy) is 1. The Morgan fingerprint density at radius 2 is 1.80 bits per heavy atom. The summed E-state index contributed by atoms with van der Waals surface area (Å²) in [5.74, 6) is -2.97. The van der Waals surface area contributed by atoms with E-state index in [9.17, 15) is 24.2 Å².